The highest BCUT2D eigenvalue weighted by Gasteiger charge is 2.27. The van der Waals surface area contributed by atoms with Gasteiger partial charge in [0.25, 0.3) is 0 Å². The molecule has 1 fully saturated rings. The van der Waals surface area contributed by atoms with Gasteiger partial charge in [0.2, 0.25) is 12.7 Å². The molecule has 5 heteroatoms. The van der Waals surface area contributed by atoms with Gasteiger partial charge in [-0.2, -0.15) is 0 Å². The number of carbonyl (C=O) groups is 1. The Kier molecular flexibility index (Phi) is 4.00. The van der Waals surface area contributed by atoms with Crippen molar-refractivity contribution >= 4 is 16.8 Å². The molecule has 0 radical (unpaired) electrons. The summed E-state index contributed by atoms with van der Waals surface area (Å²) in [4.78, 5) is 18.3. The van der Waals surface area contributed by atoms with E-state index in [9.17, 15) is 4.79 Å². The molecule has 0 bridgehead atoms. The molecule has 5 rings (SSSR count). The summed E-state index contributed by atoms with van der Waals surface area (Å²) in [7, 11) is 0. The summed E-state index contributed by atoms with van der Waals surface area (Å²) >= 11 is 0. The Morgan fingerprint density at radius 3 is 2.78 bits per heavy atom. The highest BCUT2D eigenvalue weighted by Crippen LogP contribution is 2.39. The molecule has 0 aliphatic carbocycles. The van der Waals surface area contributed by atoms with Crippen LogP contribution in [0.25, 0.3) is 10.9 Å². The summed E-state index contributed by atoms with van der Waals surface area (Å²) < 4.78 is 11.0. The number of hydrogen-bond donors (Lipinski definition) is 1. The lowest BCUT2D eigenvalue weighted by molar-refractivity contribution is -0.130. The number of H-pyrrole nitrogens is 1. The van der Waals surface area contributed by atoms with Crippen LogP contribution in [-0.4, -0.2) is 35.7 Å². The second-order valence-electron chi connectivity index (χ2n) is 7.25. The first-order valence-electron chi connectivity index (χ1n) is 9.53. The van der Waals surface area contributed by atoms with Gasteiger partial charge in [0, 0.05) is 42.5 Å². The maximum atomic E-state index is 13.0. The van der Waals surface area contributed by atoms with Crippen LogP contribution in [0.1, 0.15) is 36.3 Å². The fourth-order valence-corrected chi connectivity index (χ4v) is 4.19. The molecule has 138 valence electrons. The lowest BCUT2D eigenvalue weighted by Gasteiger charge is -2.21. The van der Waals surface area contributed by atoms with Crippen LogP contribution < -0.4 is 9.47 Å². The molecule has 3 aromatic rings. The van der Waals surface area contributed by atoms with Crippen LogP contribution in [0.15, 0.2) is 48.7 Å². The number of hydrogen-bond acceptors (Lipinski definition) is 3. The third-order valence-corrected chi connectivity index (χ3v) is 5.63. The summed E-state index contributed by atoms with van der Waals surface area (Å²) in [6, 6.07) is 14.3. The zero-order chi connectivity index (χ0) is 18.2. The standard InChI is InChI=1S/C22H22N2O3/c25-22(24-9-3-4-10-24)12-17(15-7-8-20-21(11-15)27-14-26-20)18-13-23-19-6-2-1-5-16(18)19/h1-2,5-8,11,13,17,23H,3-4,9-10,12,14H2. The van der Waals surface area contributed by atoms with Crippen LogP contribution in [0, 0.1) is 0 Å². The van der Waals surface area contributed by atoms with Crippen molar-refractivity contribution in [2.45, 2.75) is 25.2 Å². The molecule has 27 heavy (non-hydrogen) atoms. The van der Waals surface area contributed by atoms with Crippen molar-refractivity contribution in [1.29, 1.82) is 0 Å². The van der Waals surface area contributed by atoms with E-state index in [-0.39, 0.29) is 18.6 Å². The van der Waals surface area contributed by atoms with E-state index in [0.717, 1.165) is 59.5 Å². The van der Waals surface area contributed by atoms with Crippen molar-refractivity contribution in [3.8, 4) is 11.5 Å². The number of likely N-dealkylation sites (tertiary alicyclic amines) is 1. The molecule has 1 N–H and O–H groups in total. The van der Waals surface area contributed by atoms with Gasteiger partial charge in [-0.05, 0) is 42.2 Å². The van der Waals surface area contributed by atoms with Crippen LogP contribution in [0.2, 0.25) is 0 Å². The number of carbonyl (C=O) groups excluding carboxylic acids is 1. The summed E-state index contributed by atoms with van der Waals surface area (Å²) in [5.41, 5.74) is 3.32. The third-order valence-electron chi connectivity index (χ3n) is 5.63. The number of rotatable bonds is 4. The monoisotopic (exact) mass is 362 g/mol. The molecule has 1 atom stereocenters. The first kappa shape index (κ1) is 16.2. The Morgan fingerprint density at radius 1 is 1.07 bits per heavy atom. The fourth-order valence-electron chi connectivity index (χ4n) is 4.19. The highest BCUT2D eigenvalue weighted by atomic mass is 16.7. The van der Waals surface area contributed by atoms with Gasteiger partial charge < -0.3 is 19.4 Å². The Morgan fingerprint density at radius 2 is 1.89 bits per heavy atom. The summed E-state index contributed by atoms with van der Waals surface area (Å²) in [6.45, 7) is 2.00. The predicted octanol–water partition coefficient (Wildman–Crippen LogP) is 4.04. The lowest BCUT2D eigenvalue weighted by atomic mass is 9.87. The summed E-state index contributed by atoms with van der Waals surface area (Å²) in [5, 5.41) is 1.16. The van der Waals surface area contributed by atoms with E-state index < -0.39 is 0 Å². The minimum atomic E-state index is -0.0243. The number of nitrogens with one attached hydrogen (secondary N) is 1. The molecule has 3 heterocycles. The number of para-hydroxylation sites is 1. The van der Waals surface area contributed by atoms with Crippen LogP contribution >= 0.6 is 0 Å². The normalized spacial score (nSPS) is 16.8. The summed E-state index contributed by atoms with van der Waals surface area (Å²) in [6.07, 6.45) is 4.71. The first-order chi connectivity index (χ1) is 13.3. The van der Waals surface area contributed by atoms with Crippen molar-refractivity contribution in [2.75, 3.05) is 19.9 Å². The largest absolute Gasteiger partial charge is 0.454 e. The molecule has 2 aromatic carbocycles. The van der Waals surface area contributed by atoms with E-state index in [1.54, 1.807) is 0 Å². The lowest BCUT2D eigenvalue weighted by Crippen LogP contribution is -2.29. The Bertz CT molecular complexity index is 988. The van der Waals surface area contributed by atoms with Crippen molar-refractivity contribution in [3.05, 3.63) is 59.8 Å². The second-order valence-corrected chi connectivity index (χ2v) is 7.25. The molecule has 0 spiro atoms. The third kappa shape index (κ3) is 2.93. The van der Waals surface area contributed by atoms with Crippen LogP contribution in [0.3, 0.4) is 0 Å². The molecule has 2 aliphatic heterocycles. The molecule has 1 unspecified atom stereocenters. The van der Waals surface area contributed by atoms with Crippen molar-refractivity contribution in [1.82, 2.24) is 9.88 Å². The number of aromatic amines is 1. The van der Waals surface area contributed by atoms with Crippen LogP contribution in [-0.2, 0) is 4.79 Å². The van der Waals surface area contributed by atoms with Gasteiger partial charge in [-0.25, -0.2) is 0 Å². The maximum Gasteiger partial charge on any atom is 0.231 e. The van der Waals surface area contributed by atoms with E-state index in [1.165, 1.54) is 0 Å². The molecule has 0 saturated carbocycles. The van der Waals surface area contributed by atoms with Gasteiger partial charge in [-0.1, -0.05) is 24.3 Å². The van der Waals surface area contributed by atoms with E-state index >= 15 is 0 Å². The molecule has 1 saturated heterocycles. The SMILES string of the molecule is O=C(CC(c1ccc2c(c1)OCO2)c1c[nH]c2ccccc12)N1CCCC1. The number of ether oxygens (including phenoxy) is 2. The fraction of sp³-hybridized carbons (Fsp3) is 0.318. The van der Waals surface area contributed by atoms with E-state index in [0.29, 0.717) is 6.42 Å². The van der Waals surface area contributed by atoms with Gasteiger partial charge >= 0.3 is 0 Å². The summed E-state index contributed by atoms with van der Waals surface area (Å²) in [5.74, 6) is 1.72. The Hall–Kier alpha value is -2.95. The van der Waals surface area contributed by atoms with Gasteiger partial charge in [0.15, 0.2) is 11.5 Å². The van der Waals surface area contributed by atoms with Crippen molar-refractivity contribution in [2.24, 2.45) is 0 Å². The maximum absolute atomic E-state index is 13.0. The smallest absolute Gasteiger partial charge is 0.231 e. The predicted molar refractivity (Wildman–Crippen MR) is 103 cm³/mol. The first-order valence-corrected chi connectivity index (χ1v) is 9.53. The number of nitrogens with zero attached hydrogens (tertiary/aromatic N) is 1. The zero-order valence-electron chi connectivity index (χ0n) is 15.1. The van der Waals surface area contributed by atoms with Gasteiger partial charge in [-0.3, -0.25) is 4.79 Å². The minimum absolute atomic E-state index is 0.0243. The molecular formula is C22H22N2O3. The van der Waals surface area contributed by atoms with Crippen molar-refractivity contribution < 1.29 is 14.3 Å². The van der Waals surface area contributed by atoms with Crippen LogP contribution in [0.5, 0.6) is 11.5 Å². The molecule has 2 aliphatic rings. The van der Waals surface area contributed by atoms with E-state index in [2.05, 4.69) is 23.2 Å². The molecule has 1 aromatic heterocycles. The average molecular weight is 362 g/mol. The Labute approximate surface area is 157 Å². The number of amides is 1. The van der Waals surface area contributed by atoms with Gasteiger partial charge in [0.1, 0.15) is 0 Å². The molecular weight excluding hydrogens is 340 g/mol. The topological polar surface area (TPSA) is 54.6 Å². The molecule has 1 amide bonds. The van der Waals surface area contributed by atoms with Crippen molar-refractivity contribution in [3.63, 3.8) is 0 Å². The molecule has 5 nitrogen and oxygen atoms in total. The van der Waals surface area contributed by atoms with E-state index in [1.807, 2.05) is 35.4 Å². The highest BCUT2D eigenvalue weighted by molar-refractivity contribution is 5.86. The quantitative estimate of drug-likeness (QED) is 0.762. The van der Waals surface area contributed by atoms with Gasteiger partial charge in [0.05, 0.1) is 0 Å². The number of fused-ring (bicyclic) bond motifs is 2. The minimum Gasteiger partial charge on any atom is -0.454 e. The van der Waals surface area contributed by atoms with Gasteiger partial charge in [-0.15, -0.1) is 0 Å². The number of aromatic nitrogens is 1. The Balaban J connectivity index is 1.55. The number of benzene rings is 2. The van der Waals surface area contributed by atoms with E-state index in [4.69, 9.17) is 9.47 Å². The second kappa shape index (κ2) is 6.65. The average Bonchev–Trinajstić information content (AvgIpc) is 3.46. The van der Waals surface area contributed by atoms with Crippen LogP contribution in [0.4, 0.5) is 0 Å². The zero-order valence-corrected chi connectivity index (χ0v) is 15.1.